The van der Waals surface area contributed by atoms with E-state index in [-0.39, 0.29) is 31.1 Å². The molecule has 10 nitrogen and oxygen atoms in total. The summed E-state index contributed by atoms with van der Waals surface area (Å²) in [6.45, 7) is 3.19. The molecule has 1 amide bonds. The molecule has 1 heterocycles. The van der Waals surface area contributed by atoms with Gasteiger partial charge in [-0.1, -0.05) is 12.1 Å². The minimum Gasteiger partial charge on any atom is -0.482 e. The number of rotatable bonds is 9. The van der Waals surface area contributed by atoms with Gasteiger partial charge in [0, 0.05) is 13.0 Å². The first kappa shape index (κ1) is 19.9. The molecule has 0 bridgehead atoms. The van der Waals surface area contributed by atoms with Crippen molar-refractivity contribution in [1.82, 2.24) is 15.1 Å². The van der Waals surface area contributed by atoms with Gasteiger partial charge in [0.15, 0.2) is 6.61 Å². The Balaban J connectivity index is 1.87. The van der Waals surface area contributed by atoms with Crippen molar-refractivity contribution in [3.8, 4) is 5.75 Å². The molecule has 0 aliphatic heterocycles. The Kier molecular flexibility index (Phi) is 6.47. The van der Waals surface area contributed by atoms with Crippen molar-refractivity contribution >= 4 is 17.6 Å². The SMILES string of the molecule is Cc1nn(CCC(=O)NCc2cccc(OCC(=O)O)c2)c(C)c1[N+](=O)[O-]. The molecule has 0 spiro atoms. The first-order valence-electron chi connectivity index (χ1n) is 8.16. The van der Waals surface area contributed by atoms with Crippen molar-refractivity contribution in [3.05, 3.63) is 51.3 Å². The van der Waals surface area contributed by atoms with Crippen molar-refractivity contribution in [2.75, 3.05) is 6.61 Å². The molecule has 144 valence electrons. The van der Waals surface area contributed by atoms with Crippen LogP contribution in [0.4, 0.5) is 5.69 Å². The molecule has 0 aliphatic rings. The zero-order valence-corrected chi connectivity index (χ0v) is 15.0. The molecule has 10 heteroatoms. The minimum atomic E-state index is -1.07. The number of hydrogen-bond donors (Lipinski definition) is 2. The van der Waals surface area contributed by atoms with E-state index >= 15 is 0 Å². The summed E-state index contributed by atoms with van der Waals surface area (Å²) in [5, 5.41) is 26.4. The number of aryl methyl sites for hydroxylation is 2. The van der Waals surface area contributed by atoms with Crippen LogP contribution in [0, 0.1) is 24.0 Å². The summed E-state index contributed by atoms with van der Waals surface area (Å²) in [5.41, 5.74) is 1.45. The Bertz CT molecular complexity index is 861. The number of carbonyl (C=O) groups is 2. The van der Waals surface area contributed by atoms with E-state index in [4.69, 9.17) is 9.84 Å². The molecule has 1 aromatic heterocycles. The highest BCUT2D eigenvalue weighted by Crippen LogP contribution is 2.21. The van der Waals surface area contributed by atoms with Gasteiger partial charge in [-0.05, 0) is 31.5 Å². The molecule has 2 aromatic rings. The number of carbonyl (C=O) groups excluding carboxylic acids is 1. The van der Waals surface area contributed by atoms with Crippen molar-refractivity contribution in [3.63, 3.8) is 0 Å². The Hall–Kier alpha value is -3.43. The topological polar surface area (TPSA) is 137 Å². The third kappa shape index (κ3) is 5.53. The fourth-order valence-corrected chi connectivity index (χ4v) is 2.56. The summed E-state index contributed by atoms with van der Waals surface area (Å²) >= 11 is 0. The van der Waals surface area contributed by atoms with E-state index in [0.717, 1.165) is 5.56 Å². The van der Waals surface area contributed by atoms with Gasteiger partial charge >= 0.3 is 11.7 Å². The Labute approximate surface area is 154 Å². The zero-order valence-electron chi connectivity index (χ0n) is 15.0. The van der Waals surface area contributed by atoms with Gasteiger partial charge in [0.25, 0.3) is 0 Å². The normalized spacial score (nSPS) is 10.4. The molecule has 0 unspecified atom stereocenters. The van der Waals surface area contributed by atoms with Crippen molar-refractivity contribution in [1.29, 1.82) is 0 Å². The van der Waals surface area contributed by atoms with Crippen LogP contribution in [0.2, 0.25) is 0 Å². The Morgan fingerprint density at radius 2 is 2.11 bits per heavy atom. The van der Waals surface area contributed by atoms with Gasteiger partial charge in [-0.3, -0.25) is 19.6 Å². The molecule has 0 saturated heterocycles. The largest absolute Gasteiger partial charge is 0.482 e. The van der Waals surface area contributed by atoms with Crippen LogP contribution in [-0.2, 0) is 22.7 Å². The van der Waals surface area contributed by atoms with Crippen LogP contribution >= 0.6 is 0 Å². The van der Waals surface area contributed by atoms with Crippen LogP contribution < -0.4 is 10.1 Å². The number of nitro groups is 1. The summed E-state index contributed by atoms with van der Waals surface area (Å²) < 4.78 is 6.54. The molecule has 0 saturated carbocycles. The lowest BCUT2D eigenvalue weighted by Gasteiger charge is -2.08. The quantitative estimate of drug-likeness (QED) is 0.501. The van der Waals surface area contributed by atoms with Gasteiger partial charge in [-0.2, -0.15) is 5.10 Å². The first-order valence-corrected chi connectivity index (χ1v) is 8.16. The number of ether oxygens (including phenoxy) is 1. The monoisotopic (exact) mass is 376 g/mol. The van der Waals surface area contributed by atoms with Crippen LogP contribution in [0.1, 0.15) is 23.4 Å². The molecule has 0 aliphatic carbocycles. The summed E-state index contributed by atoms with van der Waals surface area (Å²) in [7, 11) is 0. The predicted octanol–water partition coefficient (Wildman–Crippen LogP) is 1.58. The van der Waals surface area contributed by atoms with E-state index in [1.807, 2.05) is 0 Å². The van der Waals surface area contributed by atoms with Gasteiger partial charge < -0.3 is 15.2 Å². The maximum atomic E-state index is 12.0. The highest BCUT2D eigenvalue weighted by molar-refractivity contribution is 5.75. The average Bonchev–Trinajstić information content (AvgIpc) is 2.90. The molecule has 0 fully saturated rings. The van der Waals surface area contributed by atoms with Gasteiger partial charge in [-0.25, -0.2) is 4.79 Å². The Morgan fingerprint density at radius 1 is 1.37 bits per heavy atom. The number of nitrogens with one attached hydrogen (secondary N) is 1. The molecule has 2 rings (SSSR count). The van der Waals surface area contributed by atoms with E-state index in [9.17, 15) is 19.7 Å². The number of nitrogens with zero attached hydrogens (tertiary/aromatic N) is 3. The van der Waals surface area contributed by atoms with E-state index < -0.39 is 17.5 Å². The summed E-state index contributed by atoms with van der Waals surface area (Å²) in [4.78, 5) is 33.1. The zero-order chi connectivity index (χ0) is 20.0. The summed E-state index contributed by atoms with van der Waals surface area (Å²) in [6.07, 6.45) is 0.119. The molecule has 27 heavy (non-hydrogen) atoms. The maximum Gasteiger partial charge on any atom is 0.341 e. The number of benzene rings is 1. The standard InChI is InChI=1S/C17H20N4O6/c1-11-17(21(25)26)12(2)20(19-11)7-6-15(22)18-9-13-4-3-5-14(8-13)27-10-16(23)24/h3-5,8H,6-7,9-10H2,1-2H3,(H,18,22)(H,23,24). The lowest BCUT2D eigenvalue weighted by Crippen LogP contribution is -2.24. The average molecular weight is 376 g/mol. The van der Waals surface area contributed by atoms with Gasteiger partial charge in [-0.15, -0.1) is 0 Å². The van der Waals surface area contributed by atoms with Gasteiger partial charge in [0.2, 0.25) is 5.91 Å². The second-order valence-corrected chi connectivity index (χ2v) is 5.86. The third-order valence-corrected chi connectivity index (χ3v) is 3.83. The van der Waals surface area contributed by atoms with Crippen LogP contribution in [-0.4, -0.2) is 38.3 Å². The molecule has 2 N–H and O–H groups in total. The second-order valence-electron chi connectivity index (χ2n) is 5.86. The van der Waals surface area contributed by atoms with Crippen molar-refractivity contribution in [2.24, 2.45) is 0 Å². The number of carboxylic acid groups (broad SMARTS) is 1. The van der Waals surface area contributed by atoms with Crippen LogP contribution in [0.3, 0.4) is 0 Å². The van der Waals surface area contributed by atoms with Gasteiger partial charge in [0.05, 0.1) is 11.5 Å². The lowest BCUT2D eigenvalue weighted by molar-refractivity contribution is -0.386. The number of hydrogen-bond acceptors (Lipinski definition) is 6. The molecule has 0 atom stereocenters. The molecular weight excluding hydrogens is 356 g/mol. The van der Waals surface area contributed by atoms with E-state index in [1.54, 1.807) is 38.1 Å². The van der Waals surface area contributed by atoms with E-state index in [0.29, 0.717) is 17.1 Å². The van der Waals surface area contributed by atoms with E-state index in [2.05, 4.69) is 10.4 Å². The molecule has 1 aromatic carbocycles. The third-order valence-electron chi connectivity index (χ3n) is 3.83. The fraction of sp³-hybridized carbons (Fsp3) is 0.353. The fourth-order valence-electron chi connectivity index (χ4n) is 2.56. The van der Waals surface area contributed by atoms with E-state index in [1.165, 1.54) is 4.68 Å². The second kappa shape index (κ2) is 8.79. The van der Waals surface area contributed by atoms with Crippen molar-refractivity contribution in [2.45, 2.75) is 33.4 Å². The first-order chi connectivity index (χ1) is 12.8. The Morgan fingerprint density at radius 3 is 2.74 bits per heavy atom. The van der Waals surface area contributed by atoms with Gasteiger partial charge in [0.1, 0.15) is 17.1 Å². The molecular formula is C17H20N4O6. The summed E-state index contributed by atoms with van der Waals surface area (Å²) in [6, 6.07) is 6.75. The lowest BCUT2D eigenvalue weighted by atomic mass is 10.2. The number of aliphatic carboxylic acids is 1. The highest BCUT2D eigenvalue weighted by Gasteiger charge is 2.21. The molecule has 0 radical (unpaired) electrons. The number of amides is 1. The predicted molar refractivity (Wildman–Crippen MR) is 94.4 cm³/mol. The van der Waals surface area contributed by atoms with Crippen LogP contribution in [0.5, 0.6) is 5.75 Å². The number of aromatic nitrogens is 2. The highest BCUT2D eigenvalue weighted by atomic mass is 16.6. The smallest absolute Gasteiger partial charge is 0.341 e. The summed E-state index contributed by atoms with van der Waals surface area (Å²) in [5.74, 6) is -0.903. The number of carboxylic acids is 1. The minimum absolute atomic E-state index is 0.0337. The maximum absolute atomic E-state index is 12.0. The van der Waals surface area contributed by atoms with Crippen molar-refractivity contribution < 1.29 is 24.4 Å². The van der Waals surface area contributed by atoms with Crippen LogP contribution in [0.15, 0.2) is 24.3 Å². The van der Waals surface area contributed by atoms with Crippen LogP contribution in [0.25, 0.3) is 0 Å².